The zero-order valence-corrected chi connectivity index (χ0v) is 14.5. The van der Waals surface area contributed by atoms with E-state index in [4.69, 9.17) is 0 Å². The fourth-order valence-electron chi connectivity index (χ4n) is 3.13. The van der Waals surface area contributed by atoms with Crippen LogP contribution in [0, 0.1) is 0 Å². The van der Waals surface area contributed by atoms with Crippen molar-refractivity contribution in [2.24, 2.45) is 0 Å². The van der Waals surface area contributed by atoms with Crippen LogP contribution in [-0.2, 0) is 25.0 Å². The standard InChI is InChI=1S/C16H19N3O5S/c1-16(11-5-3-2-4-6-11)14(21)19(15(22)18-16)9-13(20)17-12-7-8-25(23,24)10-12/h2-6,12H,7-10H2,1H3,(H,17,20)(H,18,22). The molecule has 9 heteroatoms. The van der Waals surface area contributed by atoms with Crippen LogP contribution >= 0.6 is 0 Å². The van der Waals surface area contributed by atoms with Gasteiger partial charge < -0.3 is 10.6 Å². The van der Waals surface area contributed by atoms with Crippen LogP contribution in [0.25, 0.3) is 0 Å². The second-order valence-corrected chi connectivity index (χ2v) is 8.71. The number of nitrogens with zero attached hydrogens (tertiary/aromatic N) is 1. The summed E-state index contributed by atoms with van der Waals surface area (Å²) < 4.78 is 22.9. The fraction of sp³-hybridized carbons (Fsp3) is 0.438. The molecule has 2 saturated heterocycles. The molecular formula is C16H19N3O5S. The van der Waals surface area contributed by atoms with Crippen molar-refractivity contribution in [1.29, 1.82) is 0 Å². The van der Waals surface area contributed by atoms with Gasteiger partial charge in [0.25, 0.3) is 5.91 Å². The van der Waals surface area contributed by atoms with E-state index in [-0.39, 0.29) is 11.5 Å². The fourth-order valence-corrected chi connectivity index (χ4v) is 4.81. The maximum Gasteiger partial charge on any atom is 0.325 e. The molecule has 25 heavy (non-hydrogen) atoms. The number of hydrogen-bond donors (Lipinski definition) is 2. The molecule has 0 aromatic heterocycles. The smallest absolute Gasteiger partial charge is 0.325 e. The van der Waals surface area contributed by atoms with Crippen molar-refractivity contribution >= 4 is 27.7 Å². The second kappa shape index (κ2) is 6.14. The lowest BCUT2D eigenvalue weighted by molar-refractivity contribution is -0.135. The van der Waals surface area contributed by atoms with Gasteiger partial charge in [0.05, 0.1) is 11.5 Å². The van der Waals surface area contributed by atoms with E-state index in [1.807, 2.05) is 0 Å². The van der Waals surface area contributed by atoms with Crippen LogP contribution in [0.5, 0.6) is 0 Å². The number of carbonyl (C=O) groups excluding carboxylic acids is 3. The first-order valence-corrected chi connectivity index (χ1v) is 9.73. The molecular weight excluding hydrogens is 346 g/mol. The summed E-state index contributed by atoms with van der Waals surface area (Å²) in [5.74, 6) is -1.14. The molecule has 2 aliphatic rings. The summed E-state index contributed by atoms with van der Waals surface area (Å²) in [6, 6.07) is 7.65. The number of hydrogen-bond acceptors (Lipinski definition) is 5. The van der Waals surface area contributed by atoms with E-state index in [0.717, 1.165) is 4.90 Å². The van der Waals surface area contributed by atoms with Gasteiger partial charge in [0.1, 0.15) is 12.1 Å². The van der Waals surface area contributed by atoms with Crippen LogP contribution < -0.4 is 10.6 Å². The van der Waals surface area contributed by atoms with E-state index >= 15 is 0 Å². The number of nitrogens with one attached hydrogen (secondary N) is 2. The minimum absolute atomic E-state index is 0.0349. The first-order valence-electron chi connectivity index (χ1n) is 7.91. The first-order chi connectivity index (χ1) is 11.7. The number of benzene rings is 1. The Morgan fingerprint density at radius 2 is 2.00 bits per heavy atom. The van der Waals surface area contributed by atoms with Crippen molar-refractivity contribution in [1.82, 2.24) is 15.5 Å². The van der Waals surface area contributed by atoms with Crippen LogP contribution in [0.2, 0.25) is 0 Å². The van der Waals surface area contributed by atoms with Crippen LogP contribution in [0.3, 0.4) is 0 Å². The van der Waals surface area contributed by atoms with Crippen molar-refractivity contribution in [3.8, 4) is 0 Å². The molecule has 0 spiro atoms. The average molecular weight is 365 g/mol. The molecule has 1 aromatic rings. The number of imide groups is 1. The van der Waals surface area contributed by atoms with Crippen LogP contribution in [-0.4, -0.2) is 55.3 Å². The third-order valence-corrected chi connectivity index (χ3v) is 6.29. The summed E-state index contributed by atoms with van der Waals surface area (Å²) >= 11 is 0. The molecule has 2 heterocycles. The molecule has 4 amide bonds. The summed E-state index contributed by atoms with van der Waals surface area (Å²) in [5, 5.41) is 5.20. The monoisotopic (exact) mass is 365 g/mol. The van der Waals surface area contributed by atoms with Crippen molar-refractivity contribution in [2.45, 2.75) is 24.9 Å². The molecule has 0 saturated carbocycles. The zero-order chi connectivity index (χ0) is 18.2. The zero-order valence-electron chi connectivity index (χ0n) is 13.7. The molecule has 2 aliphatic heterocycles. The number of urea groups is 1. The first kappa shape index (κ1) is 17.4. The predicted molar refractivity (Wildman–Crippen MR) is 89.2 cm³/mol. The Bertz CT molecular complexity index is 823. The van der Waals surface area contributed by atoms with Gasteiger partial charge in [0, 0.05) is 6.04 Å². The highest BCUT2D eigenvalue weighted by Crippen LogP contribution is 2.28. The summed E-state index contributed by atoms with van der Waals surface area (Å²) in [7, 11) is -3.12. The largest absolute Gasteiger partial charge is 0.351 e. The van der Waals surface area contributed by atoms with E-state index in [9.17, 15) is 22.8 Å². The molecule has 2 atom stereocenters. The lowest BCUT2D eigenvalue weighted by atomic mass is 9.92. The van der Waals surface area contributed by atoms with Crippen molar-refractivity contribution in [3.05, 3.63) is 35.9 Å². The highest BCUT2D eigenvalue weighted by atomic mass is 32.2. The van der Waals surface area contributed by atoms with Crippen molar-refractivity contribution in [2.75, 3.05) is 18.1 Å². The Morgan fingerprint density at radius 1 is 1.32 bits per heavy atom. The molecule has 1 aromatic carbocycles. The Labute approximate surface area is 145 Å². The summed E-state index contributed by atoms with van der Waals surface area (Å²) in [6.07, 6.45) is 0.343. The number of rotatable bonds is 4. The Kier molecular flexibility index (Phi) is 4.28. The molecule has 0 aliphatic carbocycles. The van der Waals surface area contributed by atoms with Gasteiger partial charge in [0.15, 0.2) is 9.84 Å². The maximum absolute atomic E-state index is 12.7. The van der Waals surface area contributed by atoms with Crippen LogP contribution in [0.15, 0.2) is 30.3 Å². The van der Waals surface area contributed by atoms with Gasteiger partial charge in [-0.3, -0.25) is 14.5 Å². The maximum atomic E-state index is 12.7. The summed E-state index contributed by atoms with van der Waals surface area (Å²) in [5.41, 5.74) is -0.604. The lowest BCUT2D eigenvalue weighted by Gasteiger charge is -2.22. The quantitative estimate of drug-likeness (QED) is 0.715. The van der Waals surface area contributed by atoms with Gasteiger partial charge in [-0.05, 0) is 18.9 Å². The highest BCUT2D eigenvalue weighted by Gasteiger charge is 2.49. The third-order valence-electron chi connectivity index (χ3n) is 4.53. The van der Waals surface area contributed by atoms with Gasteiger partial charge in [-0.15, -0.1) is 0 Å². The van der Waals surface area contributed by atoms with Crippen LogP contribution in [0.4, 0.5) is 4.79 Å². The molecule has 2 unspecified atom stereocenters. The minimum Gasteiger partial charge on any atom is -0.351 e. The topological polar surface area (TPSA) is 113 Å². The normalized spacial score (nSPS) is 28.0. The average Bonchev–Trinajstić information content (AvgIpc) is 3.00. The van der Waals surface area contributed by atoms with Crippen molar-refractivity contribution in [3.63, 3.8) is 0 Å². The third kappa shape index (κ3) is 3.37. The summed E-state index contributed by atoms with van der Waals surface area (Å²) in [6.45, 7) is 1.15. The van der Waals surface area contributed by atoms with E-state index in [1.165, 1.54) is 0 Å². The minimum atomic E-state index is -3.12. The second-order valence-electron chi connectivity index (χ2n) is 6.48. The Hall–Kier alpha value is -2.42. The van der Waals surface area contributed by atoms with Crippen LogP contribution in [0.1, 0.15) is 18.9 Å². The highest BCUT2D eigenvalue weighted by molar-refractivity contribution is 7.91. The molecule has 0 radical (unpaired) electrons. The van der Waals surface area contributed by atoms with Gasteiger partial charge in [-0.2, -0.15) is 0 Å². The number of sulfone groups is 1. The molecule has 134 valence electrons. The van der Waals surface area contributed by atoms with E-state index in [2.05, 4.69) is 10.6 Å². The SMILES string of the molecule is CC1(c2ccccc2)NC(=O)N(CC(=O)NC2CCS(=O)(=O)C2)C1=O. The molecule has 2 fully saturated rings. The number of carbonyl (C=O) groups is 3. The molecule has 3 rings (SSSR count). The van der Waals surface area contributed by atoms with E-state index in [0.29, 0.717) is 12.0 Å². The lowest BCUT2D eigenvalue weighted by Crippen LogP contribution is -2.45. The van der Waals surface area contributed by atoms with E-state index in [1.54, 1.807) is 37.3 Å². The van der Waals surface area contributed by atoms with Gasteiger partial charge in [0.2, 0.25) is 5.91 Å². The van der Waals surface area contributed by atoms with Gasteiger partial charge in [-0.25, -0.2) is 13.2 Å². The molecule has 2 N–H and O–H groups in total. The predicted octanol–water partition coefficient (Wildman–Crippen LogP) is -0.243. The molecule has 8 nitrogen and oxygen atoms in total. The Balaban J connectivity index is 1.68. The number of amides is 4. The van der Waals surface area contributed by atoms with Gasteiger partial charge in [-0.1, -0.05) is 30.3 Å². The summed E-state index contributed by atoms with van der Waals surface area (Å²) in [4.78, 5) is 37.8. The Morgan fingerprint density at radius 3 is 2.60 bits per heavy atom. The van der Waals surface area contributed by atoms with Crippen molar-refractivity contribution < 1.29 is 22.8 Å². The van der Waals surface area contributed by atoms with E-state index < -0.39 is 45.8 Å². The van der Waals surface area contributed by atoms with Gasteiger partial charge >= 0.3 is 6.03 Å². The molecule has 0 bridgehead atoms.